The van der Waals surface area contributed by atoms with Crippen molar-refractivity contribution in [1.82, 2.24) is 15.3 Å². The molecule has 0 saturated carbocycles. The smallest absolute Gasteiger partial charge is 0.254 e. The highest BCUT2D eigenvalue weighted by atomic mass is 79.9. The van der Waals surface area contributed by atoms with E-state index in [9.17, 15) is 4.79 Å². The summed E-state index contributed by atoms with van der Waals surface area (Å²) >= 11 is 3.46. The molecule has 0 radical (unpaired) electrons. The van der Waals surface area contributed by atoms with Gasteiger partial charge in [-0.1, -0.05) is 34.1 Å². The Bertz CT molecular complexity index is 1110. The molecular weight excluding hydrogens is 484 g/mol. The van der Waals surface area contributed by atoms with Gasteiger partial charge in [0.15, 0.2) is 11.5 Å². The van der Waals surface area contributed by atoms with Gasteiger partial charge in [-0.15, -0.1) is 0 Å². The second-order valence-electron chi connectivity index (χ2n) is 8.00. The van der Waals surface area contributed by atoms with Crippen LogP contribution in [0.5, 0.6) is 11.5 Å². The fraction of sp³-hybridized carbons (Fsp3) is 0.320. The second-order valence-corrected chi connectivity index (χ2v) is 8.92. The number of hydrogen-bond acceptors (Lipinski definition) is 6. The average Bonchev–Trinajstić information content (AvgIpc) is 2.84. The SMILES string of the molecule is COc1ccccc1O[C@@H]1CCCN(c2ncc(C(=O)NCc3ccc(Br)cc3C)cn2)C1. The number of ether oxygens (including phenoxy) is 2. The van der Waals surface area contributed by atoms with Crippen molar-refractivity contribution in [3.63, 3.8) is 0 Å². The molecular formula is C25H27BrN4O3. The number of aryl methyl sites for hydroxylation is 1. The van der Waals surface area contributed by atoms with Gasteiger partial charge in [-0.25, -0.2) is 9.97 Å². The van der Waals surface area contributed by atoms with Crippen LogP contribution in [0.25, 0.3) is 0 Å². The molecule has 7 nitrogen and oxygen atoms in total. The van der Waals surface area contributed by atoms with Gasteiger partial charge in [0, 0.05) is 30.0 Å². The maximum Gasteiger partial charge on any atom is 0.254 e. The van der Waals surface area contributed by atoms with E-state index in [0.717, 1.165) is 46.5 Å². The van der Waals surface area contributed by atoms with Crippen LogP contribution in [0, 0.1) is 6.92 Å². The number of benzene rings is 2. The van der Waals surface area contributed by atoms with Gasteiger partial charge in [-0.05, 0) is 55.2 Å². The van der Waals surface area contributed by atoms with Gasteiger partial charge in [-0.3, -0.25) is 4.79 Å². The molecule has 1 saturated heterocycles. The van der Waals surface area contributed by atoms with Gasteiger partial charge in [-0.2, -0.15) is 0 Å². The fourth-order valence-electron chi connectivity index (χ4n) is 3.85. The third-order valence-corrected chi connectivity index (χ3v) is 6.16. The van der Waals surface area contributed by atoms with Crippen molar-refractivity contribution in [2.45, 2.75) is 32.4 Å². The van der Waals surface area contributed by atoms with Crippen LogP contribution >= 0.6 is 15.9 Å². The van der Waals surface area contributed by atoms with Gasteiger partial charge in [0.25, 0.3) is 5.91 Å². The number of carbonyl (C=O) groups excluding carboxylic acids is 1. The zero-order valence-electron chi connectivity index (χ0n) is 18.8. The molecule has 1 fully saturated rings. The second kappa shape index (κ2) is 10.7. The van der Waals surface area contributed by atoms with Crippen molar-refractivity contribution in [3.8, 4) is 11.5 Å². The number of rotatable bonds is 7. The van der Waals surface area contributed by atoms with Crippen LogP contribution in [-0.4, -0.2) is 42.2 Å². The quantitative estimate of drug-likeness (QED) is 0.502. The molecule has 8 heteroatoms. The zero-order valence-corrected chi connectivity index (χ0v) is 20.3. The topological polar surface area (TPSA) is 76.6 Å². The number of amides is 1. The fourth-order valence-corrected chi connectivity index (χ4v) is 4.32. The molecule has 1 aliphatic heterocycles. The summed E-state index contributed by atoms with van der Waals surface area (Å²) in [5.41, 5.74) is 2.62. The maximum absolute atomic E-state index is 12.6. The van der Waals surface area contributed by atoms with Crippen LogP contribution in [0.1, 0.15) is 34.3 Å². The van der Waals surface area contributed by atoms with Crippen molar-refractivity contribution >= 4 is 27.8 Å². The minimum atomic E-state index is -0.195. The Morgan fingerprint density at radius 1 is 1.18 bits per heavy atom. The maximum atomic E-state index is 12.6. The summed E-state index contributed by atoms with van der Waals surface area (Å²) < 4.78 is 12.6. The van der Waals surface area contributed by atoms with Crippen molar-refractivity contribution in [2.75, 3.05) is 25.1 Å². The van der Waals surface area contributed by atoms with Gasteiger partial charge in [0.05, 0.1) is 19.2 Å². The summed E-state index contributed by atoms with van der Waals surface area (Å²) in [6, 6.07) is 13.7. The van der Waals surface area contributed by atoms with Gasteiger partial charge >= 0.3 is 0 Å². The molecule has 2 heterocycles. The first-order valence-corrected chi connectivity index (χ1v) is 11.7. The summed E-state index contributed by atoms with van der Waals surface area (Å²) in [7, 11) is 1.64. The van der Waals surface area contributed by atoms with E-state index >= 15 is 0 Å². The van der Waals surface area contributed by atoms with E-state index in [0.29, 0.717) is 24.6 Å². The van der Waals surface area contributed by atoms with E-state index in [2.05, 4.69) is 36.1 Å². The number of piperidine rings is 1. The molecule has 2 aromatic carbocycles. The molecule has 1 amide bonds. The number of aromatic nitrogens is 2. The Morgan fingerprint density at radius 2 is 1.94 bits per heavy atom. The predicted molar refractivity (Wildman–Crippen MR) is 131 cm³/mol. The molecule has 1 atom stereocenters. The van der Waals surface area contributed by atoms with E-state index in [-0.39, 0.29) is 12.0 Å². The first-order chi connectivity index (χ1) is 16.0. The summed E-state index contributed by atoms with van der Waals surface area (Å²) in [6.45, 7) is 3.99. The Balaban J connectivity index is 1.35. The van der Waals surface area contributed by atoms with Crippen LogP contribution in [0.2, 0.25) is 0 Å². The lowest BCUT2D eigenvalue weighted by Crippen LogP contribution is -2.42. The van der Waals surface area contributed by atoms with Gasteiger partial charge in [0.1, 0.15) is 6.10 Å². The number of carbonyl (C=O) groups is 1. The Kier molecular flexibility index (Phi) is 7.44. The van der Waals surface area contributed by atoms with Gasteiger partial charge in [0.2, 0.25) is 5.95 Å². The number of anilines is 1. The average molecular weight is 511 g/mol. The molecule has 1 aliphatic rings. The molecule has 0 bridgehead atoms. The first-order valence-electron chi connectivity index (χ1n) is 10.9. The Hall–Kier alpha value is -3.13. The Labute approximate surface area is 202 Å². The molecule has 1 aromatic heterocycles. The normalized spacial score (nSPS) is 15.7. The minimum Gasteiger partial charge on any atom is -0.493 e. The summed E-state index contributed by atoms with van der Waals surface area (Å²) in [5.74, 6) is 1.86. The van der Waals surface area contributed by atoms with Crippen LogP contribution in [0.4, 0.5) is 5.95 Å². The highest BCUT2D eigenvalue weighted by Crippen LogP contribution is 2.29. The molecule has 33 heavy (non-hydrogen) atoms. The van der Waals surface area contributed by atoms with E-state index in [1.807, 2.05) is 49.4 Å². The van der Waals surface area contributed by atoms with Crippen LogP contribution in [0.15, 0.2) is 59.3 Å². The molecule has 0 aliphatic carbocycles. The van der Waals surface area contributed by atoms with Gasteiger partial charge < -0.3 is 19.7 Å². The van der Waals surface area contributed by atoms with E-state index in [1.54, 1.807) is 19.5 Å². The van der Waals surface area contributed by atoms with E-state index in [1.165, 1.54) is 0 Å². The number of nitrogens with one attached hydrogen (secondary N) is 1. The third-order valence-electron chi connectivity index (χ3n) is 5.67. The Morgan fingerprint density at radius 3 is 2.67 bits per heavy atom. The molecule has 4 rings (SSSR count). The lowest BCUT2D eigenvalue weighted by atomic mass is 10.1. The molecule has 0 spiro atoms. The van der Waals surface area contributed by atoms with Crippen molar-refractivity contribution in [1.29, 1.82) is 0 Å². The monoisotopic (exact) mass is 510 g/mol. The first kappa shape index (κ1) is 23.0. The third kappa shape index (κ3) is 5.82. The number of para-hydroxylation sites is 2. The van der Waals surface area contributed by atoms with E-state index in [4.69, 9.17) is 9.47 Å². The van der Waals surface area contributed by atoms with Crippen molar-refractivity contribution < 1.29 is 14.3 Å². The molecule has 3 aromatic rings. The lowest BCUT2D eigenvalue weighted by Gasteiger charge is -2.33. The largest absolute Gasteiger partial charge is 0.493 e. The summed E-state index contributed by atoms with van der Waals surface area (Å²) in [6.07, 6.45) is 5.09. The van der Waals surface area contributed by atoms with E-state index < -0.39 is 0 Å². The van der Waals surface area contributed by atoms with Crippen molar-refractivity contribution in [3.05, 3.63) is 76.0 Å². The predicted octanol–water partition coefficient (Wildman–Crippen LogP) is 4.53. The van der Waals surface area contributed by atoms with Crippen LogP contribution < -0.4 is 19.7 Å². The molecule has 0 unspecified atom stereocenters. The minimum absolute atomic E-state index is 0.00998. The number of methoxy groups -OCH3 is 1. The van der Waals surface area contributed by atoms with Crippen LogP contribution in [0.3, 0.4) is 0 Å². The lowest BCUT2D eigenvalue weighted by molar-refractivity contribution is 0.0950. The molecule has 1 N–H and O–H groups in total. The highest BCUT2D eigenvalue weighted by Gasteiger charge is 2.24. The number of halogens is 1. The highest BCUT2D eigenvalue weighted by molar-refractivity contribution is 9.10. The zero-order chi connectivity index (χ0) is 23.2. The number of hydrogen-bond donors (Lipinski definition) is 1. The number of nitrogens with zero attached hydrogens (tertiary/aromatic N) is 3. The summed E-state index contributed by atoms with van der Waals surface area (Å²) in [5, 5.41) is 2.94. The van der Waals surface area contributed by atoms with Crippen molar-refractivity contribution in [2.24, 2.45) is 0 Å². The molecule has 172 valence electrons. The van der Waals surface area contributed by atoms with Crippen LogP contribution in [-0.2, 0) is 6.54 Å². The standard InChI is InChI=1S/C25H27BrN4O3/c1-17-12-20(26)10-9-18(17)13-27-24(31)19-14-28-25(29-15-19)30-11-5-6-21(16-30)33-23-8-4-3-7-22(23)32-2/h3-4,7-10,12,14-15,21H,5-6,11,13,16H2,1-2H3,(H,27,31)/t21-/m1/s1. The summed E-state index contributed by atoms with van der Waals surface area (Å²) in [4.78, 5) is 23.5.